The summed E-state index contributed by atoms with van der Waals surface area (Å²) in [6.07, 6.45) is 3.50. The molecule has 1 saturated carbocycles. The SMILES string of the molecule is CC1CCC(C)N1C(=O)[C@H]1C[C@@H]1C. The van der Waals surface area contributed by atoms with Crippen molar-refractivity contribution >= 4 is 5.91 Å². The molecule has 0 bridgehead atoms. The van der Waals surface area contributed by atoms with Crippen molar-refractivity contribution in [3.63, 3.8) is 0 Å². The maximum atomic E-state index is 12.0. The van der Waals surface area contributed by atoms with E-state index in [1.807, 2.05) is 0 Å². The molecule has 1 heterocycles. The van der Waals surface area contributed by atoms with Crippen LogP contribution in [0.15, 0.2) is 0 Å². The first-order valence-corrected chi connectivity index (χ1v) is 5.43. The molecular weight excluding hydrogens is 162 g/mol. The summed E-state index contributed by atoms with van der Waals surface area (Å²) in [5.41, 5.74) is 0. The molecule has 0 aromatic carbocycles. The fourth-order valence-electron chi connectivity index (χ4n) is 2.49. The molecule has 1 aliphatic heterocycles. The van der Waals surface area contributed by atoms with Crippen molar-refractivity contribution in [2.45, 2.75) is 52.1 Å². The van der Waals surface area contributed by atoms with Crippen molar-refractivity contribution in [1.29, 1.82) is 0 Å². The molecular formula is C11H19NO. The van der Waals surface area contributed by atoms with E-state index in [1.54, 1.807) is 0 Å². The predicted octanol–water partition coefficient (Wildman–Crippen LogP) is 2.04. The van der Waals surface area contributed by atoms with Crippen LogP contribution >= 0.6 is 0 Å². The number of carbonyl (C=O) groups excluding carboxylic acids is 1. The number of hydrogen-bond donors (Lipinski definition) is 0. The van der Waals surface area contributed by atoms with E-state index in [-0.39, 0.29) is 0 Å². The number of amides is 1. The van der Waals surface area contributed by atoms with Gasteiger partial charge in [-0.15, -0.1) is 0 Å². The molecule has 2 nitrogen and oxygen atoms in total. The van der Waals surface area contributed by atoms with E-state index in [1.165, 1.54) is 12.8 Å². The zero-order valence-corrected chi connectivity index (χ0v) is 8.79. The van der Waals surface area contributed by atoms with Gasteiger partial charge in [0.05, 0.1) is 0 Å². The second kappa shape index (κ2) is 3.00. The van der Waals surface area contributed by atoms with E-state index in [9.17, 15) is 4.79 Å². The van der Waals surface area contributed by atoms with Crippen LogP contribution in [0.4, 0.5) is 0 Å². The third-order valence-electron chi connectivity index (χ3n) is 3.63. The first-order chi connectivity index (χ1) is 6.11. The highest BCUT2D eigenvalue weighted by Crippen LogP contribution is 2.41. The standard InChI is InChI=1S/C11H19NO/c1-7-6-10(7)11(13)12-8(2)4-5-9(12)3/h7-10H,4-6H2,1-3H3/t7-,8?,9?,10-/m0/s1. The van der Waals surface area contributed by atoms with Crippen LogP contribution in [-0.4, -0.2) is 22.9 Å². The van der Waals surface area contributed by atoms with Crippen LogP contribution in [-0.2, 0) is 4.79 Å². The molecule has 2 heteroatoms. The van der Waals surface area contributed by atoms with Crippen LogP contribution in [0.2, 0.25) is 0 Å². The number of nitrogens with zero attached hydrogens (tertiary/aromatic N) is 1. The molecule has 2 unspecified atom stereocenters. The smallest absolute Gasteiger partial charge is 0.226 e. The van der Waals surface area contributed by atoms with E-state index in [0.717, 1.165) is 6.42 Å². The Balaban J connectivity index is 2.02. The summed E-state index contributed by atoms with van der Waals surface area (Å²) in [7, 11) is 0. The molecule has 0 aromatic rings. The van der Waals surface area contributed by atoms with E-state index in [2.05, 4.69) is 25.7 Å². The number of carbonyl (C=O) groups is 1. The summed E-state index contributed by atoms with van der Waals surface area (Å²) in [6.45, 7) is 6.52. The number of rotatable bonds is 1. The molecule has 1 amide bonds. The van der Waals surface area contributed by atoms with Gasteiger partial charge < -0.3 is 4.90 Å². The number of hydrogen-bond acceptors (Lipinski definition) is 1. The molecule has 2 fully saturated rings. The Hall–Kier alpha value is -0.530. The van der Waals surface area contributed by atoms with Crippen molar-refractivity contribution in [3.05, 3.63) is 0 Å². The second-order valence-corrected chi connectivity index (χ2v) is 4.84. The Labute approximate surface area is 80.3 Å². The zero-order chi connectivity index (χ0) is 9.59. The normalized spacial score (nSPS) is 43.8. The minimum atomic E-state index is 0.364. The summed E-state index contributed by atoms with van der Waals surface area (Å²) in [6, 6.07) is 0.964. The largest absolute Gasteiger partial charge is 0.337 e. The first-order valence-electron chi connectivity index (χ1n) is 5.43. The summed E-state index contributed by atoms with van der Waals surface area (Å²) < 4.78 is 0. The zero-order valence-electron chi connectivity index (χ0n) is 8.79. The molecule has 0 aromatic heterocycles. The molecule has 74 valence electrons. The van der Waals surface area contributed by atoms with Crippen LogP contribution in [0.1, 0.15) is 40.0 Å². The number of likely N-dealkylation sites (tertiary alicyclic amines) is 1. The molecule has 4 atom stereocenters. The molecule has 1 aliphatic carbocycles. The van der Waals surface area contributed by atoms with Gasteiger partial charge in [-0.1, -0.05) is 6.92 Å². The lowest BCUT2D eigenvalue weighted by Gasteiger charge is -2.26. The summed E-state index contributed by atoms with van der Waals surface area (Å²) >= 11 is 0. The average Bonchev–Trinajstić information content (AvgIpc) is 2.70. The van der Waals surface area contributed by atoms with Crippen molar-refractivity contribution in [2.75, 3.05) is 0 Å². The molecule has 2 rings (SSSR count). The second-order valence-electron chi connectivity index (χ2n) is 4.84. The topological polar surface area (TPSA) is 20.3 Å². The quantitative estimate of drug-likeness (QED) is 0.606. The first kappa shape index (κ1) is 9.04. The Morgan fingerprint density at radius 2 is 1.62 bits per heavy atom. The maximum Gasteiger partial charge on any atom is 0.226 e. The van der Waals surface area contributed by atoms with E-state index < -0.39 is 0 Å². The third-order valence-corrected chi connectivity index (χ3v) is 3.63. The van der Waals surface area contributed by atoms with Gasteiger partial charge in [-0.3, -0.25) is 4.79 Å². The van der Waals surface area contributed by atoms with Gasteiger partial charge in [-0.2, -0.15) is 0 Å². The van der Waals surface area contributed by atoms with E-state index in [0.29, 0.717) is 29.8 Å². The van der Waals surface area contributed by atoms with Gasteiger partial charge in [0, 0.05) is 18.0 Å². The predicted molar refractivity (Wildman–Crippen MR) is 52.3 cm³/mol. The van der Waals surface area contributed by atoms with Gasteiger partial charge in [0.2, 0.25) is 5.91 Å². The maximum absolute atomic E-state index is 12.0. The van der Waals surface area contributed by atoms with Gasteiger partial charge in [0.25, 0.3) is 0 Å². The third kappa shape index (κ3) is 1.47. The van der Waals surface area contributed by atoms with Crippen molar-refractivity contribution in [2.24, 2.45) is 11.8 Å². The Bertz CT molecular complexity index is 216. The lowest BCUT2D eigenvalue weighted by Crippen LogP contribution is -2.39. The Morgan fingerprint density at radius 3 is 2.00 bits per heavy atom. The summed E-state index contributed by atoms with van der Waals surface area (Å²) in [5.74, 6) is 1.43. The van der Waals surface area contributed by atoms with Gasteiger partial charge in [-0.05, 0) is 39.0 Å². The molecule has 1 saturated heterocycles. The lowest BCUT2D eigenvalue weighted by molar-refractivity contribution is -0.135. The van der Waals surface area contributed by atoms with Crippen molar-refractivity contribution < 1.29 is 4.79 Å². The van der Waals surface area contributed by atoms with Crippen LogP contribution in [0.25, 0.3) is 0 Å². The molecule has 13 heavy (non-hydrogen) atoms. The van der Waals surface area contributed by atoms with Crippen LogP contribution in [0.3, 0.4) is 0 Å². The molecule has 0 spiro atoms. The minimum Gasteiger partial charge on any atom is -0.337 e. The molecule has 0 N–H and O–H groups in total. The van der Waals surface area contributed by atoms with Crippen LogP contribution in [0, 0.1) is 11.8 Å². The highest BCUT2D eigenvalue weighted by molar-refractivity contribution is 5.82. The van der Waals surface area contributed by atoms with Gasteiger partial charge >= 0.3 is 0 Å². The monoisotopic (exact) mass is 181 g/mol. The van der Waals surface area contributed by atoms with E-state index >= 15 is 0 Å². The fourth-order valence-corrected chi connectivity index (χ4v) is 2.49. The fraction of sp³-hybridized carbons (Fsp3) is 0.909. The van der Waals surface area contributed by atoms with E-state index in [4.69, 9.17) is 0 Å². The summed E-state index contributed by atoms with van der Waals surface area (Å²) in [4.78, 5) is 14.1. The van der Waals surface area contributed by atoms with Crippen molar-refractivity contribution in [1.82, 2.24) is 4.90 Å². The molecule has 2 aliphatic rings. The minimum absolute atomic E-state index is 0.364. The summed E-state index contributed by atoms with van der Waals surface area (Å²) in [5, 5.41) is 0. The van der Waals surface area contributed by atoms with Crippen molar-refractivity contribution in [3.8, 4) is 0 Å². The van der Waals surface area contributed by atoms with Crippen LogP contribution in [0.5, 0.6) is 0 Å². The average molecular weight is 181 g/mol. The van der Waals surface area contributed by atoms with Gasteiger partial charge in [0.1, 0.15) is 0 Å². The van der Waals surface area contributed by atoms with Crippen LogP contribution < -0.4 is 0 Å². The highest BCUT2D eigenvalue weighted by Gasteiger charge is 2.44. The Kier molecular flexibility index (Phi) is 2.09. The molecule has 0 radical (unpaired) electrons. The van der Waals surface area contributed by atoms with Gasteiger partial charge in [-0.25, -0.2) is 0 Å². The van der Waals surface area contributed by atoms with Gasteiger partial charge in [0.15, 0.2) is 0 Å². The highest BCUT2D eigenvalue weighted by atomic mass is 16.2. The lowest BCUT2D eigenvalue weighted by atomic mass is 10.2. The Morgan fingerprint density at radius 1 is 1.15 bits per heavy atom.